The van der Waals surface area contributed by atoms with Crippen LogP contribution >= 0.6 is 0 Å². The van der Waals surface area contributed by atoms with Crippen molar-refractivity contribution in [3.05, 3.63) is 23.8 Å². The van der Waals surface area contributed by atoms with Gasteiger partial charge in [-0.15, -0.1) is 0 Å². The zero-order valence-corrected chi connectivity index (χ0v) is 10.1. The van der Waals surface area contributed by atoms with Gasteiger partial charge >= 0.3 is 5.97 Å². The molecule has 3 rings (SSSR count). The maximum atomic E-state index is 10.9. The molecule has 1 fully saturated rings. The van der Waals surface area contributed by atoms with E-state index in [2.05, 4.69) is 0 Å². The fraction of sp³-hybridized carbons (Fsp3) is 0.500. The third-order valence-electron chi connectivity index (χ3n) is 3.58. The van der Waals surface area contributed by atoms with E-state index >= 15 is 0 Å². The number of carboxylic acids is 1. The van der Waals surface area contributed by atoms with Crippen molar-refractivity contribution in [3.8, 4) is 11.5 Å². The zero-order chi connectivity index (χ0) is 12.5. The van der Waals surface area contributed by atoms with Crippen LogP contribution in [0.4, 0.5) is 0 Å². The van der Waals surface area contributed by atoms with E-state index in [1.54, 1.807) is 0 Å². The number of aliphatic carboxylic acids is 1. The van der Waals surface area contributed by atoms with Gasteiger partial charge in [0, 0.05) is 0 Å². The lowest BCUT2D eigenvalue weighted by Crippen LogP contribution is -2.16. The molecule has 1 aliphatic carbocycles. The van der Waals surface area contributed by atoms with E-state index in [0.29, 0.717) is 19.1 Å². The molecule has 4 heteroatoms. The van der Waals surface area contributed by atoms with E-state index in [4.69, 9.17) is 14.6 Å². The molecular formula is C14H16O4. The maximum absolute atomic E-state index is 10.9. The van der Waals surface area contributed by atoms with Crippen molar-refractivity contribution in [1.29, 1.82) is 0 Å². The Morgan fingerprint density at radius 2 is 2.00 bits per heavy atom. The Hall–Kier alpha value is -1.71. The number of hydrogen-bond acceptors (Lipinski definition) is 3. The average molecular weight is 248 g/mol. The van der Waals surface area contributed by atoms with E-state index in [9.17, 15) is 4.79 Å². The van der Waals surface area contributed by atoms with Crippen LogP contribution in [0.5, 0.6) is 11.5 Å². The second-order valence-electron chi connectivity index (χ2n) is 4.94. The Morgan fingerprint density at radius 3 is 2.67 bits per heavy atom. The quantitative estimate of drug-likeness (QED) is 0.889. The summed E-state index contributed by atoms with van der Waals surface area (Å²) in [6.07, 6.45) is 2.46. The third-order valence-corrected chi connectivity index (χ3v) is 3.58. The minimum atomic E-state index is -0.734. The van der Waals surface area contributed by atoms with Crippen molar-refractivity contribution in [2.24, 2.45) is 5.92 Å². The summed E-state index contributed by atoms with van der Waals surface area (Å²) in [6, 6.07) is 5.81. The first kappa shape index (κ1) is 11.4. The molecule has 1 saturated carbocycles. The van der Waals surface area contributed by atoms with Crippen molar-refractivity contribution in [2.75, 3.05) is 13.2 Å². The minimum absolute atomic E-state index is 0.110. The van der Waals surface area contributed by atoms with Crippen LogP contribution in [-0.2, 0) is 4.79 Å². The van der Waals surface area contributed by atoms with Crippen molar-refractivity contribution in [2.45, 2.75) is 25.2 Å². The molecule has 0 saturated heterocycles. The fourth-order valence-electron chi connectivity index (χ4n) is 2.53. The molecule has 18 heavy (non-hydrogen) atoms. The lowest BCUT2D eigenvalue weighted by atomic mass is 9.91. The molecule has 1 N–H and O–H groups in total. The molecule has 1 aromatic rings. The Morgan fingerprint density at radius 1 is 1.28 bits per heavy atom. The highest BCUT2D eigenvalue weighted by Crippen LogP contribution is 2.46. The summed E-state index contributed by atoms with van der Waals surface area (Å²) in [6.45, 7) is 1.14. The van der Waals surface area contributed by atoms with Gasteiger partial charge in [-0.2, -0.15) is 0 Å². The normalized spacial score (nSPS) is 19.3. The largest absolute Gasteiger partial charge is 0.486 e. The Kier molecular flexibility index (Phi) is 2.86. The van der Waals surface area contributed by atoms with E-state index < -0.39 is 5.97 Å². The highest BCUT2D eigenvalue weighted by Gasteiger charge is 2.34. The molecule has 0 amide bonds. The third kappa shape index (κ3) is 2.28. The number of carboxylic acid groups (broad SMARTS) is 1. The molecular weight excluding hydrogens is 232 g/mol. The summed E-state index contributed by atoms with van der Waals surface area (Å²) in [4.78, 5) is 10.9. The monoisotopic (exact) mass is 248 g/mol. The molecule has 1 atom stereocenters. The van der Waals surface area contributed by atoms with Gasteiger partial charge in [0.25, 0.3) is 0 Å². The second kappa shape index (κ2) is 4.52. The van der Waals surface area contributed by atoms with E-state index in [1.807, 2.05) is 18.2 Å². The fourth-order valence-corrected chi connectivity index (χ4v) is 2.53. The van der Waals surface area contributed by atoms with Gasteiger partial charge in [0.2, 0.25) is 0 Å². The summed E-state index contributed by atoms with van der Waals surface area (Å²) in [5, 5.41) is 9.00. The van der Waals surface area contributed by atoms with Crippen LogP contribution in [-0.4, -0.2) is 24.3 Å². The summed E-state index contributed by atoms with van der Waals surface area (Å²) in [7, 11) is 0. The van der Waals surface area contributed by atoms with Crippen LogP contribution in [0.25, 0.3) is 0 Å². The van der Waals surface area contributed by atoms with Crippen molar-refractivity contribution in [3.63, 3.8) is 0 Å². The SMILES string of the molecule is O=C(O)C[C@@H](c1ccc2c(c1)OCCO2)C1CC1. The lowest BCUT2D eigenvalue weighted by molar-refractivity contribution is -0.137. The van der Waals surface area contributed by atoms with Crippen molar-refractivity contribution in [1.82, 2.24) is 0 Å². The van der Waals surface area contributed by atoms with Crippen LogP contribution in [0.1, 0.15) is 30.7 Å². The molecule has 0 bridgehead atoms. The zero-order valence-electron chi connectivity index (χ0n) is 10.1. The highest BCUT2D eigenvalue weighted by molar-refractivity contribution is 5.68. The molecule has 0 spiro atoms. The van der Waals surface area contributed by atoms with Gasteiger partial charge in [0.15, 0.2) is 11.5 Å². The summed E-state index contributed by atoms with van der Waals surface area (Å²) in [5.41, 5.74) is 1.06. The number of rotatable bonds is 4. The Bertz CT molecular complexity index is 465. The molecule has 0 radical (unpaired) electrons. The summed E-state index contributed by atoms with van der Waals surface area (Å²) in [5.74, 6) is 1.40. The smallest absolute Gasteiger partial charge is 0.303 e. The molecule has 4 nitrogen and oxygen atoms in total. The first-order valence-corrected chi connectivity index (χ1v) is 6.35. The van der Waals surface area contributed by atoms with Crippen molar-refractivity contribution < 1.29 is 19.4 Å². The molecule has 0 aromatic heterocycles. The second-order valence-corrected chi connectivity index (χ2v) is 4.94. The highest BCUT2D eigenvalue weighted by atomic mass is 16.6. The molecule has 1 heterocycles. The number of ether oxygens (including phenoxy) is 2. The van der Waals surface area contributed by atoms with E-state index in [0.717, 1.165) is 29.9 Å². The van der Waals surface area contributed by atoms with Gasteiger partial charge in [-0.25, -0.2) is 0 Å². The van der Waals surface area contributed by atoms with Crippen LogP contribution in [0.3, 0.4) is 0 Å². The van der Waals surface area contributed by atoms with Gasteiger partial charge in [0.05, 0.1) is 6.42 Å². The first-order valence-electron chi connectivity index (χ1n) is 6.35. The van der Waals surface area contributed by atoms with Gasteiger partial charge < -0.3 is 14.6 Å². The average Bonchev–Trinajstić information content (AvgIpc) is 3.19. The number of fused-ring (bicyclic) bond motifs is 1. The molecule has 2 aliphatic rings. The number of hydrogen-bond donors (Lipinski definition) is 1. The molecule has 0 unspecified atom stereocenters. The van der Waals surface area contributed by atoms with E-state index in [-0.39, 0.29) is 12.3 Å². The van der Waals surface area contributed by atoms with Gasteiger partial charge in [-0.3, -0.25) is 4.79 Å². The van der Waals surface area contributed by atoms with Gasteiger partial charge in [-0.05, 0) is 42.4 Å². The Labute approximate surface area is 106 Å². The Balaban J connectivity index is 1.87. The predicted octanol–water partition coefficient (Wildman–Crippen LogP) is 2.43. The maximum Gasteiger partial charge on any atom is 0.303 e. The summed E-state index contributed by atoms with van der Waals surface area (Å²) < 4.78 is 11.0. The summed E-state index contributed by atoms with van der Waals surface area (Å²) >= 11 is 0. The first-order chi connectivity index (χ1) is 8.74. The minimum Gasteiger partial charge on any atom is -0.486 e. The topological polar surface area (TPSA) is 55.8 Å². The van der Waals surface area contributed by atoms with Crippen molar-refractivity contribution >= 4 is 5.97 Å². The van der Waals surface area contributed by atoms with Gasteiger partial charge in [0.1, 0.15) is 13.2 Å². The molecule has 1 aliphatic heterocycles. The van der Waals surface area contributed by atoms with Crippen LogP contribution in [0.15, 0.2) is 18.2 Å². The number of carbonyl (C=O) groups is 1. The van der Waals surface area contributed by atoms with Gasteiger partial charge in [-0.1, -0.05) is 6.07 Å². The van der Waals surface area contributed by atoms with Crippen LogP contribution in [0, 0.1) is 5.92 Å². The van der Waals surface area contributed by atoms with E-state index in [1.165, 1.54) is 0 Å². The van der Waals surface area contributed by atoms with Crippen LogP contribution in [0.2, 0.25) is 0 Å². The van der Waals surface area contributed by atoms with Crippen LogP contribution < -0.4 is 9.47 Å². The molecule has 1 aromatic carbocycles. The predicted molar refractivity (Wildman–Crippen MR) is 65.1 cm³/mol. The number of benzene rings is 1. The standard InChI is InChI=1S/C14H16O4/c15-14(16)8-11(9-1-2-9)10-3-4-12-13(7-10)18-6-5-17-12/h3-4,7,9,11H,1-2,5-6,8H2,(H,15,16)/t11-/m1/s1. The molecule has 96 valence electrons. The lowest BCUT2D eigenvalue weighted by Gasteiger charge is -2.21.